The second-order valence-electron chi connectivity index (χ2n) is 12.8. The number of nitrogens with zero attached hydrogens (tertiary/aromatic N) is 3. The molecule has 6 N–H and O–H groups in total. The molecule has 3 atom stereocenters. The van der Waals surface area contributed by atoms with Gasteiger partial charge in [-0.05, 0) is 73.2 Å². The van der Waals surface area contributed by atoms with E-state index >= 15 is 0 Å². The van der Waals surface area contributed by atoms with E-state index in [1.807, 2.05) is 42.5 Å². The number of hydrogen-bond donors (Lipinski definition) is 6. The SMILES string of the molecule is O=C(NCC[C@H](NC(=O)c1ccc(Nc2nc(NC3(c4ccc(Cl)cc4)CC3)nc(OCC(F)(F)F)n2)cc1)C(=O)O)C(=O)N[C@H]1C[C@H]1c1ccccc1. The Morgan fingerprint density at radius 1 is 0.907 bits per heavy atom. The van der Waals surface area contributed by atoms with E-state index in [1.165, 1.54) is 24.3 Å². The number of carboxylic acid groups (broad SMARTS) is 1. The molecule has 18 heteroatoms. The van der Waals surface area contributed by atoms with Crippen molar-refractivity contribution < 1.29 is 42.2 Å². The number of ether oxygens (including phenoxy) is 1. The maximum atomic E-state index is 12.9. The number of carbonyl (C=O) groups is 4. The van der Waals surface area contributed by atoms with Gasteiger partial charge in [0, 0.05) is 34.8 Å². The largest absolute Gasteiger partial charge is 0.480 e. The summed E-state index contributed by atoms with van der Waals surface area (Å²) in [5.74, 6) is -3.89. The number of nitrogens with one attached hydrogen (secondary N) is 5. The van der Waals surface area contributed by atoms with Gasteiger partial charge in [0.1, 0.15) is 6.04 Å². The molecular weight excluding hydrogens is 733 g/mol. The van der Waals surface area contributed by atoms with E-state index in [9.17, 15) is 37.5 Å². The Balaban J connectivity index is 1.03. The van der Waals surface area contributed by atoms with Crippen LogP contribution < -0.4 is 31.3 Å². The van der Waals surface area contributed by atoms with E-state index in [0.717, 1.165) is 11.1 Å². The number of aromatic nitrogens is 3. The third-order valence-electron chi connectivity index (χ3n) is 8.74. The second kappa shape index (κ2) is 16.0. The average molecular weight is 767 g/mol. The minimum Gasteiger partial charge on any atom is -0.480 e. The predicted octanol–water partition coefficient (Wildman–Crippen LogP) is 4.67. The van der Waals surface area contributed by atoms with Crippen LogP contribution in [0.15, 0.2) is 78.9 Å². The third-order valence-corrected chi connectivity index (χ3v) is 9.00. The molecule has 54 heavy (non-hydrogen) atoms. The zero-order valence-electron chi connectivity index (χ0n) is 28.3. The Morgan fingerprint density at radius 2 is 1.59 bits per heavy atom. The quantitative estimate of drug-likeness (QED) is 0.0920. The standard InChI is InChI=1S/C36H34ClF3N8O6/c37-23-10-8-22(9-11-23)35(15-16-35)48-33-45-32(46-34(47-33)54-19-36(38,39)40)42-24-12-6-21(7-13-24)28(49)43-26(31(52)53)14-17-41-29(50)30(51)44-27-18-25(27)20-4-2-1-3-5-20/h1-13,25-27H,14-19H2,(H,41,50)(H,43,49)(H,44,51)(H,52,53)(H2,42,45,46,47,48)/t25-,26-,27-/m0/s1. The summed E-state index contributed by atoms with van der Waals surface area (Å²) in [5, 5.41) is 23.7. The number of alkyl halides is 3. The highest BCUT2D eigenvalue weighted by atomic mass is 35.5. The van der Waals surface area contributed by atoms with Gasteiger partial charge < -0.3 is 36.4 Å². The van der Waals surface area contributed by atoms with Gasteiger partial charge in [-0.15, -0.1) is 0 Å². The molecule has 2 aliphatic carbocycles. The molecule has 0 spiro atoms. The predicted molar refractivity (Wildman–Crippen MR) is 189 cm³/mol. The van der Waals surface area contributed by atoms with Crippen LogP contribution in [0.3, 0.4) is 0 Å². The van der Waals surface area contributed by atoms with Crippen LogP contribution in [-0.2, 0) is 19.9 Å². The van der Waals surface area contributed by atoms with Crippen LogP contribution in [0.5, 0.6) is 6.01 Å². The molecule has 0 unspecified atom stereocenters. The summed E-state index contributed by atoms with van der Waals surface area (Å²) >= 11 is 6.02. The van der Waals surface area contributed by atoms with E-state index in [4.69, 9.17) is 16.3 Å². The fourth-order valence-corrected chi connectivity index (χ4v) is 5.80. The maximum absolute atomic E-state index is 12.9. The molecule has 14 nitrogen and oxygen atoms in total. The van der Waals surface area contributed by atoms with Crippen LogP contribution >= 0.6 is 11.6 Å². The molecule has 2 saturated carbocycles. The highest BCUT2D eigenvalue weighted by Gasteiger charge is 2.45. The summed E-state index contributed by atoms with van der Waals surface area (Å²) in [4.78, 5) is 61.7. The number of aliphatic carboxylic acids is 1. The van der Waals surface area contributed by atoms with Gasteiger partial charge in [-0.25, -0.2) is 4.79 Å². The summed E-state index contributed by atoms with van der Waals surface area (Å²) in [6, 6.07) is 20.2. The molecule has 3 amide bonds. The highest BCUT2D eigenvalue weighted by Crippen LogP contribution is 2.48. The molecule has 2 fully saturated rings. The monoisotopic (exact) mass is 766 g/mol. The van der Waals surface area contributed by atoms with Crippen LogP contribution in [0.25, 0.3) is 0 Å². The topological polar surface area (TPSA) is 197 Å². The normalized spacial score (nSPS) is 17.3. The van der Waals surface area contributed by atoms with Gasteiger partial charge in [0.2, 0.25) is 11.9 Å². The van der Waals surface area contributed by atoms with Crippen molar-refractivity contribution in [3.63, 3.8) is 0 Å². The molecule has 6 rings (SSSR count). The number of rotatable bonds is 15. The first-order valence-electron chi connectivity index (χ1n) is 16.8. The van der Waals surface area contributed by atoms with Gasteiger partial charge in [0.05, 0.1) is 5.54 Å². The molecule has 0 radical (unpaired) electrons. The zero-order valence-corrected chi connectivity index (χ0v) is 29.1. The van der Waals surface area contributed by atoms with Crippen molar-refractivity contribution in [2.24, 2.45) is 0 Å². The lowest BCUT2D eigenvalue weighted by Gasteiger charge is -2.19. The van der Waals surface area contributed by atoms with Crippen LogP contribution in [0.4, 0.5) is 30.8 Å². The first kappa shape index (κ1) is 37.8. The molecule has 282 valence electrons. The van der Waals surface area contributed by atoms with Gasteiger partial charge in [0.25, 0.3) is 5.91 Å². The lowest BCUT2D eigenvalue weighted by molar-refractivity contribution is -0.154. The molecule has 2 aliphatic rings. The fourth-order valence-electron chi connectivity index (χ4n) is 5.67. The first-order valence-corrected chi connectivity index (χ1v) is 17.2. The summed E-state index contributed by atoms with van der Waals surface area (Å²) in [6.45, 7) is -1.82. The average Bonchev–Trinajstić information content (AvgIpc) is 4.08. The van der Waals surface area contributed by atoms with Crippen LogP contribution in [0.1, 0.15) is 53.1 Å². The number of halogens is 4. The molecule has 0 saturated heterocycles. The lowest BCUT2D eigenvalue weighted by Crippen LogP contribution is -2.45. The first-order chi connectivity index (χ1) is 25.8. The lowest BCUT2D eigenvalue weighted by atomic mass is 10.1. The Hall–Kier alpha value is -5.97. The summed E-state index contributed by atoms with van der Waals surface area (Å²) in [6.07, 6.45) is -2.73. The fraction of sp³-hybridized carbons (Fsp3) is 0.306. The number of hydrogen-bond acceptors (Lipinski definition) is 10. The van der Waals surface area contributed by atoms with Crippen molar-refractivity contribution in [1.82, 2.24) is 30.9 Å². The Morgan fingerprint density at radius 3 is 2.24 bits per heavy atom. The van der Waals surface area contributed by atoms with Gasteiger partial charge in [-0.1, -0.05) is 54.1 Å². The number of amides is 3. The molecule has 0 aliphatic heterocycles. The smallest absolute Gasteiger partial charge is 0.422 e. The molecule has 4 aromatic rings. The molecule has 3 aromatic carbocycles. The Kier molecular flexibility index (Phi) is 11.2. The molecule has 1 aromatic heterocycles. The van der Waals surface area contributed by atoms with E-state index < -0.39 is 54.1 Å². The van der Waals surface area contributed by atoms with E-state index in [0.29, 0.717) is 30.0 Å². The van der Waals surface area contributed by atoms with E-state index in [1.54, 1.807) is 12.1 Å². The van der Waals surface area contributed by atoms with E-state index in [2.05, 4.69) is 41.5 Å². The van der Waals surface area contributed by atoms with Crippen LogP contribution in [-0.4, -0.2) is 75.2 Å². The number of benzene rings is 3. The van der Waals surface area contributed by atoms with Gasteiger partial charge >= 0.3 is 30.0 Å². The van der Waals surface area contributed by atoms with Crippen LogP contribution in [0, 0.1) is 0 Å². The van der Waals surface area contributed by atoms with Gasteiger partial charge in [-0.3, -0.25) is 14.4 Å². The van der Waals surface area contributed by atoms with Crippen molar-refractivity contribution in [3.05, 3.63) is 101 Å². The minimum atomic E-state index is -4.64. The van der Waals surface area contributed by atoms with Crippen molar-refractivity contribution in [3.8, 4) is 6.01 Å². The number of anilines is 3. The Bertz CT molecular complexity index is 2000. The van der Waals surface area contributed by atoms with Gasteiger partial charge in [0.15, 0.2) is 6.61 Å². The zero-order chi connectivity index (χ0) is 38.5. The summed E-state index contributed by atoms with van der Waals surface area (Å²) in [7, 11) is 0. The van der Waals surface area contributed by atoms with Crippen molar-refractivity contribution >= 4 is 52.9 Å². The number of carbonyl (C=O) groups excluding carboxylic acids is 3. The van der Waals surface area contributed by atoms with Crippen molar-refractivity contribution in [1.29, 1.82) is 0 Å². The second-order valence-corrected chi connectivity index (χ2v) is 13.3. The van der Waals surface area contributed by atoms with Crippen LogP contribution in [0.2, 0.25) is 5.02 Å². The minimum absolute atomic E-state index is 0.0377. The highest BCUT2D eigenvalue weighted by molar-refractivity contribution is 6.35. The molecule has 1 heterocycles. The van der Waals surface area contributed by atoms with Crippen molar-refractivity contribution in [2.45, 2.75) is 55.4 Å². The number of carboxylic acids is 1. The Labute approximate surface area is 311 Å². The van der Waals surface area contributed by atoms with E-state index in [-0.39, 0.29) is 42.4 Å². The maximum Gasteiger partial charge on any atom is 0.422 e. The van der Waals surface area contributed by atoms with Crippen molar-refractivity contribution in [2.75, 3.05) is 23.8 Å². The van der Waals surface area contributed by atoms with Gasteiger partial charge in [-0.2, -0.15) is 28.1 Å². The molecule has 0 bridgehead atoms. The summed E-state index contributed by atoms with van der Waals surface area (Å²) < 4.78 is 43.6. The third kappa shape index (κ3) is 10.1. The summed E-state index contributed by atoms with van der Waals surface area (Å²) in [5.41, 5.74) is 1.80. The molecular formula is C36H34ClF3N8O6.